The number of ether oxygens (including phenoxy) is 1. The third-order valence-corrected chi connectivity index (χ3v) is 4.98. The van der Waals surface area contributed by atoms with E-state index in [0.717, 1.165) is 22.8 Å². The van der Waals surface area contributed by atoms with Crippen molar-refractivity contribution < 1.29 is 13.9 Å². The number of nitrogens with one attached hydrogen (secondary N) is 1. The van der Waals surface area contributed by atoms with E-state index in [-0.39, 0.29) is 5.91 Å². The van der Waals surface area contributed by atoms with Crippen molar-refractivity contribution in [1.82, 2.24) is 4.90 Å². The number of benzene rings is 2. The zero-order chi connectivity index (χ0) is 19.6. The molecule has 1 unspecified atom stereocenters. The van der Waals surface area contributed by atoms with Crippen LogP contribution in [0.2, 0.25) is 0 Å². The van der Waals surface area contributed by atoms with E-state index in [9.17, 15) is 4.79 Å². The monoisotopic (exact) mass is 374 g/mol. The molecular formula is C23H22N2O3. The molecule has 1 amide bonds. The van der Waals surface area contributed by atoms with Gasteiger partial charge in [-0.2, -0.15) is 0 Å². The normalized spacial score (nSPS) is 18.3. The second-order valence-corrected chi connectivity index (χ2v) is 6.84. The van der Waals surface area contributed by atoms with Crippen LogP contribution >= 0.6 is 0 Å². The van der Waals surface area contributed by atoms with Gasteiger partial charge in [-0.05, 0) is 43.3 Å². The Balaban J connectivity index is 1.79. The molecule has 1 aliphatic rings. The van der Waals surface area contributed by atoms with Crippen LogP contribution in [0.25, 0.3) is 0 Å². The number of furan rings is 1. The molecule has 28 heavy (non-hydrogen) atoms. The van der Waals surface area contributed by atoms with Crippen molar-refractivity contribution in [2.75, 3.05) is 11.9 Å². The lowest BCUT2D eigenvalue weighted by atomic mass is 9.93. The smallest absolute Gasteiger partial charge is 0.258 e. The van der Waals surface area contributed by atoms with E-state index in [2.05, 4.69) is 11.9 Å². The van der Waals surface area contributed by atoms with Gasteiger partial charge in [0.25, 0.3) is 5.91 Å². The minimum atomic E-state index is -0.772. The molecular weight excluding hydrogens is 352 g/mol. The number of carbonyl (C=O) groups excluding carboxylic acids is 1. The SMILES string of the molecule is C=CCOc1cccc(C2(C)Nc3ccccc3C(=O)N2Cc2ccco2)c1. The van der Waals surface area contributed by atoms with Crippen molar-refractivity contribution in [2.45, 2.75) is 19.1 Å². The number of nitrogens with zero attached hydrogens (tertiary/aromatic N) is 1. The van der Waals surface area contributed by atoms with Gasteiger partial charge in [-0.1, -0.05) is 36.9 Å². The minimum Gasteiger partial charge on any atom is -0.490 e. The molecule has 0 saturated carbocycles. The summed E-state index contributed by atoms with van der Waals surface area (Å²) < 4.78 is 11.2. The van der Waals surface area contributed by atoms with E-state index in [1.54, 1.807) is 17.2 Å². The molecule has 1 atom stereocenters. The Morgan fingerprint density at radius 3 is 2.82 bits per heavy atom. The molecule has 2 aromatic carbocycles. The van der Waals surface area contributed by atoms with Crippen molar-refractivity contribution in [2.24, 2.45) is 0 Å². The highest BCUT2D eigenvalue weighted by atomic mass is 16.5. The first-order chi connectivity index (χ1) is 13.6. The molecule has 0 spiro atoms. The first kappa shape index (κ1) is 17.9. The van der Waals surface area contributed by atoms with Gasteiger partial charge in [0.15, 0.2) is 0 Å². The summed E-state index contributed by atoms with van der Waals surface area (Å²) in [6, 6.07) is 19.0. The average molecular weight is 374 g/mol. The number of hydrogen-bond acceptors (Lipinski definition) is 4. The molecule has 142 valence electrons. The van der Waals surface area contributed by atoms with Gasteiger partial charge in [0, 0.05) is 11.3 Å². The molecule has 1 aromatic heterocycles. The topological polar surface area (TPSA) is 54.7 Å². The molecule has 5 nitrogen and oxygen atoms in total. The summed E-state index contributed by atoms with van der Waals surface area (Å²) in [6.45, 7) is 6.46. The molecule has 0 bridgehead atoms. The van der Waals surface area contributed by atoms with Gasteiger partial charge < -0.3 is 19.4 Å². The van der Waals surface area contributed by atoms with Crippen LogP contribution in [0, 0.1) is 0 Å². The van der Waals surface area contributed by atoms with E-state index >= 15 is 0 Å². The van der Waals surface area contributed by atoms with Gasteiger partial charge in [-0.15, -0.1) is 0 Å². The molecule has 2 heterocycles. The predicted molar refractivity (Wildman–Crippen MR) is 108 cm³/mol. The van der Waals surface area contributed by atoms with Crippen molar-refractivity contribution in [3.05, 3.63) is 96.5 Å². The van der Waals surface area contributed by atoms with Crippen LogP contribution in [0.5, 0.6) is 5.75 Å². The molecule has 1 N–H and O–H groups in total. The van der Waals surface area contributed by atoms with E-state index in [1.165, 1.54) is 0 Å². The van der Waals surface area contributed by atoms with E-state index in [4.69, 9.17) is 9.15 Å². The van der Waals surface area contributed by atoms with E-state index < -0.39 is 5.66 Å². The highest BCUT2D eigenvalue weighted by molar-refractivity contribution is 6.02. The van der Waals surface area contributed by atoms with Gasteiger partial charge in [0.05, 0.1) is 18.4 Å². The van der Waals surface area contributed by atoms with Crippen LogP contribution in [0.1, 0.15) is 28.6 Å². The number of para-hydroxylation sites is 1. The summed E-state index contributed by atoms with van der Waals surface area (Å²) in [4.78, 5) is 15.2. The van der Waals surface area contributed by atoms with Gasteiger partial charge in [-0.3, -0.25) is 4.79 Å². The van der Waals surface area contributed by atoms with Crippen LogP contribution in [-0.4, -0.2) is 17.4 Å². The van der Waals surface area contributed by atoms with E-state index in [0.29, 0.717) is 18.7 Å². The standard InChI is InChI=1S/C23H22N2O3/c1-3-13-27-18-9-6-8-17(15-18)23(2)24-21-12-5-4-11-20(21)22(26)25(23)16-19-10-7-14-28-19/h3-12,14-15,24H,1,13,16H2,2H3. The Morgan fingerprint density at radius 2 is 2.04 bits per heavy atom. The second-order valence-electron chi connectivity index (χ2n) is 6.84. The average Bonchev–Trinajstić information content (AvgIpc) is 3.23. The fourth-order valence-electron chi connectivity index (χ4n) is 3.52. The van der Waals surface area contributed by atoms with Crippen LogP contribution in [-0.2, 0) is 12.2 Å². The fraction of sp³-hybridized carbons (Fsp3) is 0.174. The first-order valence-corrected chi connectivity index (χ1v) is 9.17. The number of rotatable bonds is 6. The Hall–Kier alpha value is -3.47. The number of fused-ring (bicyclic) bond motifs is 1. The zero-order valence-corrected chi connectivity index (χ0v) is 15.7. The fourth-order valence-corrected chi connectivity index (χ4v) is 3.52. The van der Waals surface area contributed by atoms with Crippen molar-refractivity contribution in [3.63, 3.8) is 0 Å². The third-order valence-electron chi connectivity index (χ3n) is 4.98. The molecule has 3 aromatic rings. The maximum atomic E-state index is 13.4. The highest BCUT2D eigenvalue weighted by Crippen LogP contribution is 2.39. The number of hydrogen-bond donors (Lipinski definition) is 1. The summed E-state index contributed by atoms with van der Waals surface area (Å²) in [5, 5.41) is 3.55. The molecule has 0 aliphatic carbocycles. The Kier molecular flexibility index (Phi) is 4.65. The molecule has 1 aliphatic heterocycles. The van der Waals surface area contributed by atoms with Crippen LogP contribution in [0.15, 0.2) is 84.0 Å². The zero-order valence-electron chi connectivity index (χ0n) is 15.7. The molecule has 0 saturated heterocycles. The quantitative estimate of drug-likeness (QED) is 0.631. The largest absolute Gasteiger partial charge is 0.490 e. The second kappa shape index (κ2) is 7.27. The van der Waals surface area contributed by atoms with Crippen molar-refractivity contribution in [3.8, 4) is 5.75 Å². The molecule has 4 rings (SSSR count). The predicted octanol–water partition coefficient (Wildman–Crippen LogP) is 4.79. The lowest BCUT2D eigenvalue weighted by Gasteiger charge is -2.46. The Morgan fingerprint density at radius 1 is 1.18 bits per heavy atom. The Bertz CT molecular complexity index is 997. The summed E-state index contributed by atoms with van der Waals surface area (Å²) in [7, 11) is 0. The van der Waals surface area contributed by atoms with Gasteiger partial charge in [0.1, 0.15) is 23.8 Å². The van der Waals surface area contributed by atoms with Crippen molar-refractivity contribution >= 4 is 11.6 Å². The molecule has 5 heteroatoms. The lowest BCUT2D eigenvalue weighted by Crippen LogP contribution is -2.55. The summed E-state index contributed by atoms with van der Waals surface area (Å²) in [5.74, 6) is 1.40. The van der Waals surface area contributed by atoms with Gasteiger partial charge in [-0.25, -0.2) is 0 Å². The highest BCUT2D eigenvalue weighted by Gasteiger charge is 2.43. The van der Waals surface area contributed by atoms with Crippen LogP contribution < -0.4 is 10.1 Å². The van der Waals surface area contributed by atoms with Crippen LogP contribution in [0.3, 0.4) is 0 Å². The summed E-state index contributed by atoms with van der Waals surface area (Å²) in [6.07, 6.45) is 3.32. The number of amides is 1. The van der Waals surface area contributed by atoms with Gasteiger partial charge >= 0.3 is 0 Å². The molecule has 0 radical (unpaired) electrons. The number of anilines is 1. The minimum absolute atomic E-state index is 0.0503. The maximum Gasteiger partial charge on any atom is 0.258 e. The summed E-state index contributed by atoms with van der Waals surface area (Å²) in [5.41, 5.74) is 1.60. The first-order valence-electron chi connectivity index (χ1n) is 9.17. The summed E-state index contributed by atoms with van der Waals surface area (Å²) >= 11 is 0. The van der Waals surface area contributed by atoms with E-state index in [1.807, 2.05) is 67.6 Å². The van der Waals surface area contributed by atoms with Crippen molar-refractivity contribution in [1.29, 1.82) is 0 Å². The lowest BCUT2D eigenvalue weighted by molar-refractivity contribution is 0.0486. The van der Waals surface area contributed by atoms with Gasteiger partial charge in [0.2, 0.25) is 0 Å². The maximum absolute atomic E-state index is 13.4. The number of carbonyl (C=O) groups is 1. The third kappa shape index (κ3) is 3.16. The Labute approximate surface area is 164 Å². The molecule has 0 fully saturated rings. The van der Waals surface area contributed by atoms with Crippen LogP contribution in [0.4, 0.5) is 5.69 Å².